The van der Waals surface area contributed by atoms with E-state index in [1.54, 1.807) is 13.8 Å². The van der Waals surface area contributed by atoms with E-state index in [0.29, 0.717) is 6.42 Å². The first-order valence-corrected chi connectivity index (χ1v) is 8.18. The minimum Gasteiger partial charge on any atom is -0.463 e. The third kappa shape index (κ3) is 5.34. The zero-order chi connectivity index (χ0) is 18.2. The molecule has 0 unspecified atom stereocenters. The number of hydrogen-bond acceptors (Lipinski definition) is 5. The Balaban J connectivity index is 1.97. The highest BCUT2D eigenvalue weighted by molar-refractivity contribution is 5.94. The molecule has 0 radical (unpaired) electrons. The molecule has 2 N–H and O–H groups in total. The minimum absolute atomic E-state index is 0.181. The van der Waals surface area contributed by atoms with Crippen molar-refractivity contribution in [3.63, 3.8) is 0 Å². The Hall–Kier alpha value is -2.83. The van der Waals surface area contributed by atoms with Crippen LogP contribution in [0.4, 0.5) is 4.79 Å². The van der Waals surface area contributed by atoms with Crippen LogP contribution in [0.1, 0.15) is 25.8 Å². The van der Waals surface area contributed by atoms with Gasteiger partial charge in [-0.2, -0.15) is 0 Å². The summed E-state index contributed by atoms with van der Waals surface area (Å²) < 4.78 is 10.2. The molecular weight excluding hydrogens is 324 g/mol. The number of esters is 2. The van der Waals surface area contributed by atoms with Gasteiger partial charge in [-0.25, -0.2) is 9.59 Å². The van der Waals surface area contributed by atoms with Crippen LogP contribution in [0.3, 0.4) is 0 Å². The molecule has 134 valence electrons. The van der Waals surface area contributed by atoms with Crippen molar-refractivity contribution in [3.8, 4) is 0 Å². The molecule has 1 aromatic carbocycles. The van der Waals surface area contributed by atoms with Gasteiger partial charge in [-0.15, -0.1) is 0 Å². The van der Waals surface area contributed by atoms with E-state index in [1.165, 1.54) is 0 Å². The van der Waals surface area contributed by atoms with E-state index < -0.39 is 24.0 Å². The number of carbonyl (C=O) groups is 3. The average Bonchev–Trinajstić information content (AvgIpc) is 2.58. The third-order valence-corrected chi connectivity index (χ3v) is 3.70. The average molecular weight is 346 g/mol. The summed E-state index contributed by atoms with van der Waals surface area (Å²) >= 11 is 0. The Kier molecular flexibility index (Phi) is 6.56. The van der Waals surface area contributed by atoms with Gasteiger partial charge < -0.3 is 20.1 Å². The van der Waals surface area contributed by atoms with Crippen molar-refractivity contribution in [2.45, 2.75) is 32.7 Å². The number of ether oxygens (including phenoxy) is 2. The maximum atomic E-state index is 12.1. The number of nitrogens with one attached hydrogen (secondary N) is 2. The van der Waals surface area contributed by atoms with Crippen molar-refractivity contribution in [2.75, 3.05) is 13.2 Å². The van der Waals surface area contributed by atoms with Crippen LogP contribution in [-0.2, 0) is 25.5 Å². The second-order valence-electron chi connectivity index (χ2n) is 5.58. The smallest absolute Gasteiger partial charge is 0.338 e. The van der Waals surface area contributed by atoms with Gasteiger partial charge in [-0.05, 0) is 25.8 Å². The molecular formula is C18H22N2O5. The van der Waals surface area contributed by atoms with Gasteiger partial charge in [0.15, 0.2) is 0 Å². The highest BCUT2D eigenvalue weighted by Gasteiger charge is 2.30. The number of aryl methyl sites for hydroxylation is 1. The summed E-state index contributed by atoms with van der Waals surface area (Å²) in [6.45, 7) is 3.40. The topological polar surface area (TPSA) is 93.7 Å². The summed E-state index contributed by atoms with van der Waals surface area (Å²) in [6.07, 6.45) is 0.779. The van der Waals surface area contributed by atoms with Crippen LogP contribution in [0.15, 0.2) is 41.6 Å². The molecule has 0 aliphatic carbocycles. The molecule has 0 bridgehead atoms. The number of benzene rings is 1. The predicted octanol–water partition coefficient (Wildman–Crippen LogP) is 1.68. The molecule has 7 nitrogen and oxygen atoms in total. The lowest BCUT2D eigenvalue weighted by molar-refractivity contribution is -0.143. The SMILES string of the molecule is CCOC(=O)C1=C(COC(=O)CCc2ccccc2)NC(=O)N[C@H]1C. The van der Waals surface area contributed by atoms with Gasteiger partial charge in [-0.3, -0.25) is 4.79 Å². The van der Waals surface area contributed by atoms with E-state index in [0.717, 1.165) is 5.56 Å². The van der Waals surface area contributed by atoms with Gasteiger partial charge in [0.2, 0.25) is 0 Å². The standard InChI is InChI=1S/C18H22N2O5/c1-3-24-17(22)16-12(2)19-18(23)20-14(16)11-25-15(21)10-9-13-7-5-4-6-8-13/h4-8,12H,3,9-11H2,1-2H3,(H2,19,20,23)/t12-/m0/s1. The molecule has 1 aliphatic heterocycles. The van der Waals surface area contributed by atoms with Crippen LogP contribution in [0, 0.1) is 0 Å². The summed E-state index contributed by atoms with van der Waals surface area (Å²) in [5, 5.41) is 5.10. The van der Waals surface area contributed by atoms with Gasteiger partial charge in [-0.1, -0.05) is 30.3 Å². The normalized spacial score (nSPS) is 16.7. The Morgan fingerprint density at radius 1 is 1.16 bits per heavy atom. The van der Waals surface area contributed by atoms with Crippen molar-refractivity contribution in [3.05, 3.63) is 47.2 Å². The van der Waals surface area contributed by atoms with Crippen molar-refractivity contribution in [1.82, 2.24) is 10.6 Å². The number of hydrogen-bond donors (Lipinski definition) is 2. The first-order chi connectivity index (χ1) is 12.0. The lowest BCUT2D eigenvalue weighted by Gasteiger charge is -2.26. The van der Waals surface area contributed by atoms with E-state index in [-0.39, 0.29) is 30.9 Å². The van der Waals surface area contributed by atoms with Gasteiger partial charge in [0.1, 0.15) is 6.61 Å². The largest absolute Gasteiger partial charge is 0.463 e. The van der Waals surface area contributed by atoms with Crippen LogP contribution in [-0.4, -0.2) is 37.2 Å². The molecule has 0 aromatic heterocycles. The fourth-order valence-corrected chi connectivity index (χ4v) is 2.51. The summed E-state index contributed by atoms with van der Waals surface area (Å²) in [7, 11) is 0. The van der Waals surface area contributed by atoms with E-state index in [9.17, 15) is 14.4 Å². The van der Waals surface area contributed by atoms with Crippen molar-refractivity contribution < 1.29 is 23.9 Å². The van der Waals surface area contributed by atoms with Crippen molar-refractivity contribution in [1.29, 1.82) is 0 Å². The maximum absolute atomic E-state index is 12.1. The Morgan fingerprint density at radius 3 is 2.56 bits per heavy atom. The quantitative estimate of drug-likeness (QED) is 0.733. The van der Waals surface area contributed by atoms with Gasteiger partial charge in [0.05, 0.1) is 23.9 Å². The summed E-state index contributed by atoms with van der Waals surface area (Å²) in [6, 6.07) is 8.62. The molecule has 7 heteroatoms. The molecule has 1 aromatic rings. The van der Waals surface area contributed by atoms with E-state index in [1.807, 2.05) is 30.3 Å². The number of urea groups is 1. The second-order valence-corrected chi connectivity index (χ2v) is 5.58. The predicted molar refractivity (Wildman–Crippen MR) is 90.5 cm³/mol. The van der Waals surface area contributed by atoms with E-state index in [2.05, 4.69) is 10.6 Å². The van der Waals surface area contributed by atoms with Crippen LogP contribution < -0.4 is 10.6 Å². The monoisotopic (exact) mass is 346 g/mol. The summed E-state index contributed by atoms with van der Waals surface area (Å²) in [5.74, 6) is -0.946. The fraction of sp³-hybridized carbons (Fsp3) is 0.389. The molecule has 25 heavy (non-hydrogen) atoms. The fourth-order valence-electron chi connectivity index (χ4n) is 2.51. The lowest BCUT2D eigenvalue weighted by Crippen LogP contribution is -2.50. The van der Waals surface area contributed by atoms with Crippen molar-refractivity contribution >= 4 is 18.0 Å². The zero-order valence-corrected chi connectivity index (χ0v) is 14.3. The lowest BCUT2D eigenvalue weighted by atomic mass is 10.0. The molecule has 0 saturated carbocycles. The molecule has 1 aliphatic rings. The van der Waals surface area contributed by atoms with E-state index in [4.69, 9.17) is 9.47 Å². The number of carbonyl (C=O) groups excluding carboxylic acids is 3. The molecule has 1 heterocycles. The van der Waals surface area contributed by atoms with Gasteiger partial charge in [0.25, 0.3) is 0 Å². The number of amides is 2. The van der Waals surface area contributed by atoms with Crippen molar-refractivity contribution in [2.24, 2.45) is 0 Å². The highest BCUT2D eigenvalue weighted by Crippen LogP contribution is 2.15. The molecule has 1 atom stereocenters. The minimum atomic E-state index is -0.544. The van der Waals surface area contributed by atoms with Gasteiger partial charge in [0, 0.05) is 6.42 Å². The molecule has 0 spiro atoms. The Morgan fingerprint density at radius 2 is 1.88 bits per heavy atom. The first-order valence-electron chi connectivity index (χ1n) is 8.18. The Labute approximate surface area is 146 Å². The number of rotatable bonds is 7. The third-order valence-electron chi connectivity index (χ3n) is 3.70. The van der Waals surface area contributed by atoms with E-state index >= 15 is 0 Å². The zero-order valence-electron chi connectivity index (χ0n) is 14.3. The van der Waals surface area contributed by atoms with Gasteiger partial charge >= 0.3 is 18.0 Å². The molecule has 0 fully saturated rings. The van der Waals surface area contributed by atoms with Crippen LogP contribution in [0.2, 0.25) is 0 Å². The first kappa shape index (κ1) is 18.5. The molecule has 0 saturated heterocycles. The Bertz CT molecular complexity index is 669. The maximum Gasteiger partial charge on any atom is 0.338 e. The summed E-state index contributed by atoms with van der Waals surface area (Å²) in [4.78, 5) is 35.6. The molecule has 2 rings (SSSR count). The van der Waals surface area contributed by atoms with Crippen LogP contribution in [0.5, 0.6) is 0 Å². The highest BCUT2D eigenvalue weighted by atomic mass is 16.5. The van der Waals surface area contributed by atoms with Crippen LogP contribution in [0.25, 0.3) is 0 Å². The summed E-state index contributed by atoms with van der Waals surface area (Å²) in [5.41, 5.74) is 1.55. The molecule has 2 amide bonds. The second kappa shape index (κ2) is 8.86. The van der Waals surface area contributed by atoms with Crippen LogP contribution >= 0.6 is 0 Å².